The van der Waals surface area contributed by atoms with E-state index >= 15 is 0 Å². The van der Waals surface area contributed by atoms with Crippen molar-refractivity contribution in [2.24, 2.45) is 11.7 Å². The molecule has 0 aliphatic carbocycles. The van der Waals surface area contributed by atoms with Gasteiger partial charge in [0.15, 0.2) is 12.3 Å². The molecular formula is C28H34F4N6O2S. The zero-order valence-electron chi connectivity index (χ0n) is 23.3. The fourth-order valence-electron chi connectivity index (χ4n) is 5.46. The first kappa shape index (κ1) is 30.6. The Bertz CT molecular complexity index is 1390. The summed E-state index contributed by atoms with van der Waals surface area (Å²) < 4.78 is 57.3. The van der Waals surface area contributed by atoms with E-state index in [2.05, 4.69) is 15.3 Å². The van der Waals surface area contributed by atoms with Gasteiger partial charge in [0, 0.05) is 50.1 Å². The molecular weight excluding hydrogens is 560 g/mol. The smallest absolute Gasteiger partial charge is 0.354 e. The number of carbonyl (C=O) groups is 2. The van der Waals surface area contributed by atoms with Crippen LogP contribution in [-0.2, 0) is 9.59 Å². The third-order valence-electron chi connectivity index (χ3n) is 7.61. The summed E-state index contributed by atoms with van der Waals surface area (Å²) in [5.74, 6) is -1.98. The van der Waals surface area contributed by atoms with Crippen molar-refractivity contribution in [3.63, 3.8) is 0 Å². The van der Waals surface area contributed by atoms with Gasteiger partial charge in [0.2, 0.25) is 11.8 Å². The Hall–Kier alpha value is -3.32. The second-order valence-electron chi connectivity index (χ2n) is 10.4. The van der Waals surface area contributed by atoms with Crippen molar-refractivity contribution in [2.75, 3.05) is 25.5 Å². The van der Waals surface area contributed by atoms with Gasteiger partial charge in [-0.05, 0) is 43.9 Å². The molecule has 8 nitrogen and oxygen atoms in total. The average Bonchev–Trinajstić information content (AvgIpc) is 3.30. The van der Waals surface area contributed by atoms with Crippen LogP contribution < -0.4 is 11.1 Å². The summed E-state index contributed by atoms with van der Waals surface area (Å²) in [7, 11) is 1.16. The number of fused-ring (bicyclic) bond motifs is 1. The normalized spacial score (nSPS) is 16.9. The van der Waals surface area contributed by atoms with Gasteiger partial charge in [0.05, 0.1) is 16.9 Å². The van der Waals surface area contributed by atoms with Crippen LogP contribution in [0.2, 0.25) is 0 Å². The van der Waals surface area contributed by atoms with Crippen LogP contribution in [0.25, 0.3) is 10.3 Å². The lowest BCUT2D eigenvalue weighted by Crippen LogP contribution is -2.46. The van der Waals surface area contributed by atoms with E-state index in [-0.39, 0.29) is 11.5 Å². The number of rotatable bonds is 8. The molecule has 1 aromatic carbocycles. The molecule has 13 heteroatoms. The zero-order valence-corrected chi connectivity index (χ0v) is 24.2. The summed E-state index contributed by atoms with van der Waals surface area (Å²) >= 11 is 1.38. The predicted octanol–water partition coefficient (Wildman–Crippen LogP) is 5.81. The van der Waals surface area contributed by atoms with Gasteiger partial charge in [0.1, 0.15) is 10.3 Å². The van der Waals surface area contributed by atoms with E-state index in [1.807, 2.05) is 13.8 Å². The number of likely N-dealkylation sites (tertiary alicyclic amines) is 1. The monoisotopic (exact) mass is 594 g/mol. The highest BCUT2D eigenvalue weighted by atomic mass is 32.1. The molecule has 1 aliphatic rings. The van der Waals surface area contributed by atoms with E-state index < -0.39 is 36.3 Å². The van der Waals surface area contributed by atoms with E-state index in [9.17, 15) is 27.2 Å². The number of nitrogens with one attached hydrogen (secondary N) is 1. The van der Waals surface area contributed by atoms with Crippen molar-refractivity contribution in [1.82, 2.24) is 19.8 Å². The Morgan fingerprint density at radius 1 is 1.22 bits per heavy atom. The Morgan fingerprint density at radius 2 is 1.85 bits per heavy atom. The number of carbonyl (C=O) groups excluding carboxylic acids is 2. The zero-order chi connectivity index (χ0) is 30.1. The second kappa shape index (κ2) is 12.3. The Morgan fingerprint density at radius 3 is 2.39 bits per heavy atom. The van der Waals surface area contributed by atoms with E-state index in [0.29, 0.717) is 59.6 Å². The molecule has 0 spiro atoms. The molecule has 0 radical (unpaired) electrons. The highest BCUT2D eigenvalue weighted by molar-refractivity contribution is 7.18. The van der Waals surface area contributed by atoms with Gasteiger partial charge >= 0.3 is 6.18 Å². The number of piperidine rings is 1. The average molecular weight is 595 g/mol. The van der Waals surface area contributed by atoms with Gasteiger partial charge in [-0.2, -0.15) is 13.2 Å². The van der Waals surface area contributed by atoms with Gasteiger partial charge in [-0.1, -0.05) is 30.4 Å². The molecule has 1 unspecified atom stereocenters. The van der Waals surface area contributed by atoms with E-state index in [4.69, 9.17) is 5.73 Å². The standard InChI is InChI=1S/C28H34F4N6O2S/c1-5-20(25(29)33)22-21(14-34-26-23(22)35-15(2)41-26)36-19-8-6-17(7-9-19)24(28(30,31)32)37(4)27(40)18-10-12-38(13-11-18)16(3)39/h6-9,14,18,20,24-25,36H,5,10-13,33H2,1-4H3/t20-,24-,25?/m0/s1. The lowest BCUT2D eigenvalue weighted by atomic mass is 9.93. The number of pyridine rings is 1. The Labute approximate surface area is 239 Å². The van der Waals surface area contributed by atoms with Crippen molar-refractivity contribution in [2.45, 2.75) is 64.5 Å². The van der Waals surface area contributed by atoms with Crippen LogP contribution in [0.4, 0.5) is 28.9 Å². The minimum absolute atomic E-state index is 0.0961. The third-order valence-corrected chi connectivity index (χ3v) is 8.49. The third kappa shape index (κ3) is 6.61. The van der Waals surface area contributed by atoms with Crippen LogP contribution in [0.15, 0.2) is 30.5 Å². The van der Waals surface area contributed by atoms with Crippen molar-refractivity contribution in [3.8, 4) is 0 Å². The molecule has 1 saturated heterocycles. The minimum Gasteiger partial charge on any atom is -0.354 e. The lowest BCUT2D eigenvalue weighted by Gasteiger charge is -2.36. The number of aromatic nitrogens is 2. The van der Waals surface area contributed by atoms with Crippen LogP contribution in [-0.4, -0.2) is 64.2 Å². The predicted molar refractivity (Wildman–Crippen MR) is 151 cm³/mol. The quantitative estimate of drug-likeness (QED) is 0.252. The number of halogens is 4. The molecule has 41 heavy (non-hydrogen) atoms. The van der Waals surface area contributed by atoms with Gasteiger partial charge in [0.25, 0.3) is 0 Å². The van der Waals surface area contributed by atoms with E-state index in [0.717, 1.165) is 17.0 Å². The highest BCUT2D eigenvalue weighted by Gasteiger charge is 2.46. The van der Waals surface area contributed by atoms with Crippen LogP contribution in [0.3, 0.4) is 0 Å². The van der Waals surface area contributed by atoms with Gasteiger partial charge < -0.3 is 20.9 Å². The highest BCUT2D eigenvalue weighted by Crippen LogP contribution is 2.40. The molecule has 0 saturated carbocycles. The number of alkyl halides is 4. The number of hydrogen-bond donors (Lipinski definition) is 2. The first-order valence-corrected chi connectivity index (χ1v) is 14.2. The Kier molecular flexibility index (Phi) is 9.17. The van der Waals surface area contributed by atoms with Crippen LogP contribution in [0, 0.1) is 12.8 Å². The number of thiazole rings is 1. The molecule has 1 aliphatic heterocycles. The number of nitrogens with zero attached hydrogens (tertiary/aromatic N) is 4. The second-order valence-corrected chi connectivity index (χ2v) is 11.5. The maximum absolute atomic E-state index is 14.4. The topological polar surface area (TPSA) is 104 Å². The first-order valence-electron chi connectivity index (χ1n) is 13.4. The van der Waals surface area contributed by atoms with Gasteiger partial charge in [-0.3, -0.25) is 9.59 Å². The van der Waals surface area contributed by atoms with Crippen LogP contribution >= 0.6 is 11.3 Å². The summed E-state index contributed by atoms with van der Waals surface area (Å²) in [5.41, 5.74) is 7.60. The molecule has 3 heterocycles. The van der Waals surface area contributed by atoms with E-state index in [1.54, 1.807) is 11.1 Å². The maximum atomic E-state index is 14.4. The van der Waals surface area contributed by atoms with Crippen molar-refractivity contribution in [3.05, 3.63) is 46.6 Å². The summed E-state index contributed by atoms with van der Waals surface area (Å²) in [6.45, 7) is 5.75. The molecule has 1 fully saturated rings. The van der Waals surface area contributed by atoms with Crippen molar-refractivity contribution >= 4 is 44.9 Å². The summed E-state index contributed by atoms with van der Waals surface area (Å²) in [5, 5.41) is 3.91. The molecule has 3 N–H and O–H groups in total. The summed E-state index contributed by atoms with van der Waals surface area (Å²) in [6, 6.07) is 3.46. The number of anilines is 2. The van der Waals surface area contributed by atoms with Crippen LogP contribution in [0.1, 0.15) is 61.2 Å². The van der Waals surface area contributed by atoms with Gasteiger partial charge in [-0.15, -0.1) is 0 Å². The minimum atomic E-state index is -4.71. The van der Waals surface area contributed by atoms with Crippen molar-refractivity contribution in [1.29, 1.82) is 0 Å². The summed E-state index contributed by atoms with van der Waals surface area (Å²) in [6.07, 6.45) is -3.77. The molecule has 2 amide bonds. The fourth-order valence-corrected chi connectivity index (χ4v) is 6.23. The van der Waals surface area contributed by atoms with Gasteiger partial charge in [-0.25, -0.2) is 14.4 Å². The number of aryl methyl sites for hydroxylation is 1. The summed E-state index contributed by atoms with van der Waals surface area (Å²) in [4.78, 5) is 36.6. The number of nitrogens with two attached hydrogens (primary N) is 1. The number of benzene rings is 1. The maximum Gasteiger partial charge on any atom is 0.413 e. The van der Waals surface area contributed by atoms with Crippen LogP contribution in [0.5, 0.6) is 0 Å². The van der Waals surface area contributed by atoms with E-state index in [1.165, 1.54) is 42.5 Å². The fraction of sp³-hybridized carbons (Fsp3) is 0.500. The molecule has 0 bridgehead atoms. The largest absolute Gasteiger partial charge is 0.413 e. The van der Waals surface area contributed by atoms with Crippen molar-refractivity contribution < 1.29 is 27.2 Å². The first-order chi connectivity index (χ1) is 19.3. The number of hydrogen-bond acceptors (Lipinski definition) is 7. The molecule has 4 rings (SSSR count). The molecule has 222 valence electrons. The lowest BCUT2D eigenvalue weighted by molar-refractivity contribution is -0.191. The molecule has 3 aromatic rings. The SMILES string of the molecule is CC[C@@H](c1c(Nc2ccc([C@H](N(C)C(=O)C3CCN(C(C)=O)CC3)C(F)(F)F)cc2)cnc2sc(C)nc12)C(N)F. The molecule has 2 aromatic heterocycles. The number of amides is 2. The Balaban J connectivity index is 1.59. The molecule has 3 atom stereocenters.